The van der Waals surface area contributed by atoms with Gasteiger partial charge in [-0.15, -0.1) is 0 Å². The van der Waals surface area contributed by atoms with E-state index in [1.54, 1.807) is 0 Å². The van der Waals surface area contributed by atoms with Gasteiger partial charge in [0.05, 0.1) is 18.4 Å². The number of hydrogen-bond acceptors (Lipinski definition) is 4. The standard InChI is InChI=1S/C24H38O5/c1-5-16(3)24(28)29-21-13-15(2)12-18-11-10-17(4)20(23(18)21)9-7-6-8-19(25)14-22(26)27/h10-12,15-17,19-21,23,25H,5-9,13-14H2,1-4H3,(H,26,27)/t15-,16?,17?,19?,20?,21-,23?/m0/s1. The Labute approximate surface area is 175 Å². The van der Waals surface area contributed by atoms with E-state index in [0.717, 1.165) is 32.1 Å². The van der Waals surface area contributed by atoms with Crippen LogP contribution < -0.4 is 0 Å². The second-order valence-corrected chi connectivity index (χ2v) is 9.11. The van der Waals surface area contributed by atoms with Gasteiger partial charge < -0.3 is 14.9 Å². The number of aliphatic hydroxyl groups is 1. The molecule has 5 heteroatoms. The van der Waals surface area contributed by atoms with Gasteiger partial charge in [-0.1, -0.05) is 58.8 Å². The maximum absolute atomic E-state index is 12.5. The number of aliphatic hydroxyl groups excluding tert-OH is 1. The summed E-state index contributed by atoms with van der Waals surface area (Å²) in [4.78, 5) is 23.2. The highest BCUT2D eigenvalue weighted by Gasteiger charge is 2.41. The molecule has 0 heterocycles. The maximum Gasteiger partial charge on any atom is 0.308 e. The Kier molecular flexibility index (Phi) is 8.94. The van der Waals surface area contributed by atoms with Gasteiger partial charge in [-0.3, -0.25) is 9.59 Å². The summed E-state index contributed by atoms with van der Waals surface area (Å²) in [5, 5.41) is 18.6. The summed E-state index contributed by atoms with van der Waals surface area (Å²) >= 11 is 0. The molecule has 2 aliphatic rings. The Morgan fingerprint density at radius 1 is 1.28 bits per heavy atom. The molecule has 0 aromatic carbocycles. The molecule has 0 aromatic heterocycles. The largest absolute Gasteiger partial charge is 0.481 e. The third kappa shape index (κ3) is 6.70. The molecule has 0 aromatic rings. The maximum atomic E-state index is 12.5. The van der Waals surface area contributed by atoms with E-state index in [4.69, 9.17) is 9.84 Å². The van der Waals surface area contributed by atoms with Crippen molar-refractivity contribution in [2.24, 2.45) is 29.6 Å². The molecule has 2 aliphatic carbocycles. The number of unbranched alkanes of at least 4 members (excludes halogenated alkanes) is 1. The minimum absolute atomic E-state index is 0.0783. The molecule has 0 spiro atoms. The predicted molar refractivity (Wildman–Crippen MR) is 113 cm³/mol. The first kappa shape index (κ1) is 23.7. The highest BCUT2D eigenvalue weighted by Crippen LogP contribution is 2.45. The fourth-order valence-electron chi connectivity index (χ4n) is 4.72. The van der Waals surface area contributed by atoms with Crippen molar-refractivity contribution in [1.82, 2.24) is 0 Å². The van der Waals surface area contributed by atoms with Crippen LogP contribution in [-0.4, -0.2) is 34.4 Å². The summed E-state index contributed by atoms with van der Waals surface area (Å²) in [6.45, 7) is 8.34. The molecule has 0 amide bonds. The van der Waals surface area contributed by atoms with Crippen LogP contribution in [0.15, 0.2) is 23.8 Å². The molecule has 0 bridgehead atoms. The minimum atomic E-state index is -0.958. The molecule has 7 atom stereocenters. The lowest BCUT2D eigenvalue weighted by Gasteiger charge is -2.43. The van der Waals surface area contributed by atoms with Gasteiger partial charge in [0, 0.05) is 5.92 Å². The SMILES string of the molecule is CCC(C)C(=O)O[C@H]1C[C@@H](C)C=C2C=CC(C)C(CCCCC(O)CC(=O)O)C21. The molecule has 29 heavy (non-hydrogen) atoms. The first-order valence-electron chi connectivity index (χ1n) is 11.2. The van der Waals surface area contributed by atoms with E-state index >= 15 is 0 Å². The van der Waals surface area contributed by atoms with Crippen LogP contribution in [0.5, 0.6) is 0 Å². The number of carboxylic acids is 1. The van der Waals surface area contributed by atoms with E-state index in [-0.39, 0.29) is 30.3 Å². The van der Waals surface area contributed by atoms with E-state index in [9.17, 15) is 14.7 Å². The molecule has 0 fully saturated rings. The van der Waals surface area contributed by atoms with Crippen LogP contribution in [-0.2, 0) is 14.3 Å². The molecule has 2 N–H and O–H groups in total. The zero-order valence-electron chi connectivity index (χ0n) is 18.3. The van der Waals surface area contributed by atoms with Crippen LogP contribution in [0.2, 0.25) is 0 Å². The van der Waals surface area contributed by atoms with E-state index < -0.39 is 12.1 Å². The zero-order valence-corrected chi connectivity index (χ0v) is 18.3. The van der Waals surface area contributed by atoms with Crippen LogP contribution in [0, 0.1) is 29.6 Å². The van der Waals surface area contributed by atoms with Crippen LogP contribution in [0.3, 0.4) is 0 Å². The first-order chi connectivity index (χ1) is 13.7. The second-order valence-electron chi connectivity index (χ2n) is 9.11. The third-order valence-corrected chi connectivity index (χ3v) is 6.61. The smallest absolute Gasteiger partial charge is 0.308 e. The van der Waals surface area contributed by atoms with Gasteiger partial charge in [-0.05, 0) is 49.0 Å². The van der Waals surface area contributed by atoms with Crippen molar-refractivity contribution in [3.05, 3.63) is 23.8 Å². The molecule has 0 saturated carbocycles. The Balaban J connectivity index is 2.04. The minimum Gasteiger partial charge on any atom is -0.481 e. The number of rotatable bonds is 10. The van der Waals surface area contributed by atoms with E-state index in [1.807, 2.05) is 13.8 Å². The molecule has 5 unspecified atom stereocenters. The lowest BCUT2D eigenvalue weighted by molar-refractivity contribution is -0.158. The molecular formula is C24H38O5. The van der Waals surface area contributed by atoms with E-state index in [0.29, 0.717) is 24.2 Å². The molecule has 0 radical (unpaired) electrons. The van der Waals surface area contributed by atoms with Crippen molar-refractivity contribution in [2.75, 3.05) is 0 Å². The zero-order chi connectivity index (χ0) is 21.6. The summed E-state index contributed by atoms with van der Waals surface area (Å²) in [5.74, 6) is 0.281. The van der Waals surface area contributed by atoms with Crippen LogP contribution >= 0.6 is 0 Å². The number of esters is 1. The molecule has 5 nitrogen and oxygen atoms in total. The Morgan fingerprint density at radius 2 is 2.00 bits per heavy atom. The Hall–Kier alpha value is -1.62. The predicted octanol–water partition coefficient (Wildman–Crippen LogP) is 4.74. The summed E-state index contributed by atoms with van der Waals surface area (Å²) < 4.78 is 6.03. The van der Waals surface area contributed by atoms with Gasteiger partial charge >= 0.3 is 11.9 Å². The van der Waals surface area contributed by atoms with Crippen LogP contribution in [0.4, 0.5) is 0 Å². The average Bonchev–Trinajstić information content (AvgIpc) is 2.65. The Bertz CT molecular complexity index is 623. The number of carbonyl (C=O) groups is 2. The molecule has 0 aliphatic heterocycles. The summed E-state index contributed by atoms with van der Waals surface area (Å²) in [7, 11) is 0. The topological polar surface area (TPSA) is 83.8 Å². The normalized spacial score (nSPS) is 30.8. The molecule has 2 rings (SSSR count). The highest BCUT2D eigenvalue weighted by atomic mass is 16.5. The number of ether oxygens (including phenoxy) is 1. The van der Waals surface area contributed by atoms with Gasteiger partial charge in [0.25, 0.3) is 0 Å². The fraction of sp³-hybridized carbons (Fsp3) is 0.750. The third-order valence-electron chi connectivity index (χ3n) is 6.61. The number of allylic oxidation sites excluding steroid dienone is 3. The van der Waals surface area contributed by atoms with Crippen molar-refractivity contribution >= 4 is 11.9 Å². The number of carbonyl (C=O) groups excluding carboxylic acids is 1. The van der Waals surface area contributed by atoms with Gasteiger partial charge in [0.2, 0.25) is 0 Å². The Morgan fingerprint density at radius 3 is 2.66 bits per heavy atom. The van der Waals surface area contributed by atoms with Crippen molar-refractivity contribution in [2.45, 2.75) is 84.8 Å². The summed E-state index contributed by atoms with van der Waals surface area (Å²) in [6, 6.07) is 0. The summed E-state index contributed by atoms with van der Waals surface area (Å²) in [5.41, 5.74) is 1.29. The second kappa shape index (κ2) is 11.0. The lowest BCUT2D eigenvalue weighted by Crippen LogP contribution is -2.41. The average molecular weight is 407 g/mol. The number of carboxylic acid groups (broad SMARTS) is 1. The monoisotopic (exact) mass is 406 g/mol. The fourth-order valence-corrected chi connectivity index (χ4v) is 4.72. The van der Waals surface area contributed by atoms with Crippen molar-refractivity contribution in [1.29, 1.82) is 0 Å². The van der Waals surface area contributed by atoms with Gasteiger partial charge in [0.1, 0.15) is 6.10 Å². The van der Waals surface area contributed by atoms with Crippen LogP contribution in [0.1, 0.15) is 72.6 Å². The molecular weight excluding hydrogens is 368 g/mol. The first-order valence-corrected chi connectivity index (χ1v) is 11.2. The van der Waals surface area contributed by atoms with Crippen molar-refractivity contribution in [3.8, 4) is 0 Å². The van der Waals surface area contributed by atoms with Crippen molar-refractivity contribution < 1.29 is 24.5 Å². The van der Waals surface area contributed by atoms with Gasteiger partial charge in [-0.25, -0.2) is 0 Å². The molecule has 0 saturated heterocycles. The quantitative estimate of drug-likeness (QED) is 0.404. The lowest BCUT2D eigenvalue weighted by atomic mass is 9.65. The van der Waals surface area contributed by atoms with Gasteiger partial charge in [-0.2, -0.15) is 0 Å². The summed E-state index contributed by atoms with van der Waals surface area (Å²) in [6.07, 6.45) is 10.6. The van der Waals surface area contributed by atoms with E-state index in [2.05, 4.69) is 32.1 Å². The number of hydrogen-bond donors (Lipinski definition) is 2. The number of aliphatic carboxylic acids is 1. The highest BCUT2D eigenvalue weighted by molar-refractivity contribution is 5.72. The van der Waals surface area contributed by atoms with Crippen molar-refractivity contribution in [3.63, 3.8) is 0 Å². The molecule has 164 valence electrons. The van der Waals surface area contributed by atoms with Gasteiger partial charge in [0.15, 0.2) is 0 Å². The van der Waals surface area contributed by atoms with Crippen LogP contribution in [0.25, 0.3) is 0 Å². The van der Waals surface area contributed by atoms with E-state index in [1.165, 1.54) is 5.57 Å². The number of fused-ring (bicyclic) bond motifs is 1.